The molecule has 1 atom stereocenters. The minimum atomic E-state index is -0.489. The van der Waals surface area contributed by atoms with Crippen LogP contribution in [-0.2, 0) is 11.2 Å². The van der Waals surface area contributed by atoms with Crippen LogP contribution >= 0.6 is 0 Å². The topological polar surface area (TPSA) is 64.3 Å². The van der Waals surface area contributed by atoms with Crippen molar-refractivity contribution >= 4 is 11.8 Å². The minimum absolute atomic E-state index is 0.235. The van der Waals surface area contributed by atoms with Crippen LogP contribution in [0.15, 0.2) is 54.6 Å². The molecular formula is C21H28N2O2. The van der Waals surface area contributed by atoms with Gasteiger partial charge in [-0.15, -0.1) is 0 Å². The minimum Gasteiger partial charge on any atom is -0.444 e. The lowest BCUT2D eigenvalue weighted by Gasteiger charge is -2.22. The van der Waals surface area contributed by atoms with Gasteiger partial charge in [-0.05, 0) is 56.7 Å². The first-order valence-electron chi connectivity index (χ1n) is 8.70. The third kappa shape index (κ3) is 6.49. The van der Waals surface area contributed by atoms with Crippen LogP contribution in [0, 0.1) is 0 Å². The molecule has 0 fully saturated rings. The number of anilines is 1. The number of alkyl carbamates (subject to hydrolysis) is 1. The van der Waals surface area contributed by atoms with Crippen LogP contribution in [0.1, 0.15) is 44.2 Å². The van der Waals surface area contributed by atoms with Gasteiger partial charge in [-0.3, -0.25) is 0 Å². The van der Waals surface area contributed by atoms with Gasteiger partial charge in [0, 0.05) is 12.2 Å². The van der Waals surface area contributed by atoms with Crippen molar-refractivity contribution in [1.29, 1.82) is 0 Å². The predicted molar refractivity (Wildman–Crippen MR) is 103 cm³/mol. The molecule has 0 saturated heterocycles. The van der Waals surface area contributed by atoms with E-state index in [1.165, 1.54) is 5.56 Å². The van der Waals surface area contributed by atoms with Gasteiger partial charge in [-0.2, -0.15) is 0 Å². The summed E-state index contributed by atoms with van der Waals surface area (Å²) >= 11 is 0. The SMILES string of the molecule is CC(C)(C)OC(=O)NCC[C@H](Cc1ccccc1)c1ccccc1N. The number of nitrogen functional groups attached to an aromatic ring is 1. The molecule has 0 unspecified atom stereocenters. The van der Waals surface area contributed by atoms with Gasteiger partial charge in [0.1, 0.15) is 5.60 Å². The van der Waals surface area contributed by atoms with Gasteiger partial charge in [-0.25, -0.2) is 4.79 Å². The van der Waals surface area contributed by atoms with Crippen LogP contribution < -0.4 is 11.1 Å². The standard InChI is InChI=1S/C21H28N2O2/c1-21(2,3)25-20(24)23-14-13-17(15-16-9-5-4-6-10-16)18-11-7-8-12-19(18)22/h4-12,17H,13-15,22H2,1-3H3,(H,23,24)/t17-/m1/s1. The Morgan fingerprint density at radius 2 is 1.72 bits per heavy atom. The second-order valence-corrected chi connectivity index (χ2v) is 7.23. The monoisotopic (exact) mass is 340 g/mol. The molecule has 0 heterocycles. The maximum absolute atomic E-state index is 11.8. The molecular weight excluding hydrogens is 312 g/mol. The second kappa shape index (κ2) is 8.56. The zero-order valence-electron chi connectivity index (χ0n) is 15.3. The number of para-hydroxylation sites is 1. The summed E-state index contributed by atoms with van der Waals surface area (Å²) in [7, 11) is 0. The number of carbonyl (C=O) groups excluding carboxylic acids is 1. The normalized spacial score (nSPS) is 12.4. The molecule has 0 aliphatic heterocycles. The summed E-state index contributed by atoms with van der Waals surface area (Å²) in [6.07, 6.45) is 1.29. The van der Waals surface area contributed by atoms with Crippen LogP contribution in [0.5, 0.6) is 0 Å². The van der Waals surface area contributed by atoms with Gasteiger partial charge < -0.3 is 15.8 Å². The van der Waals surface area contributed by atoms with Gasteiger partial charge in [0.15, 0.2) is 0 Å². The summed E-state index contributed by atoms with van der Waals surface area (Å²) in [5, 5.41) is 2.84. The number of hydrogen-bond acceptors (Lipinski definition) is 3. The molecule has 1 amide bonds. The predicted octanol–water partition coefficient (Wildman–Crippen LogP) is 4.51. The van der Waals surface area contributed by atoms with E-state index in [0.29, 0.717) is 6.54 Å². The third-order valence-corrected chi connectivity index (χ3v) is 3.92. The van der Waals surface area contributed by atoms with Crippen LogP contribution in [0.25, 0.3) is 0 Å². The van der Waals surface area contributed by atoms with E-state index in [1.54, 1.807) is 0 Å². The molecule has 0 saturated carbocycles. The average Bonchev–Trinajstić information content (AvgIpc) is 2.54. The van der Waals surface area contributed by atoms with Crippen molar-refractivity contribution in [2.75, 3.05) is 12.3 Å². The summed E-state index contributed by atoms with van der Waals surface area (Å²) in [6.45, 7) is 6.11. The zero-order chi connectivity index (χ0) is 18.3. The van der Waals surface area contributed by atoms with Gasteiger partial charge in [-0.1, -0.05) is 48.5 Å². The molecule has 25 heavy (non-hydrogen) atoms. The molecule has 2 aromatic rings. The summed E-state index contributed by atoms with van der Waals surface area (Å²) in [6, 6.07) is 18.3. The van der Waals surface area contributed by atoms with Crippen molar-refractivity contribution in [2.45, 2.75) is 45.1 Å². The molecule has 0 aliphatic rings. The quantitative estimate of drug-likeness (QED) is 0.760. The van der Waals surface area contributed by atoms with Crippen LogP contribution in [0.3, 0.4) is 0 Å². The average molecular weight is 340 g/mol. The van der Waals surface area contributed by atoms with Crippen molar-refractivity contribution in [3.05, 3.63) is 65.7 Å². The molecule has 0 radical (unpaired) electrons. The van der Waals surface area contributed by atoms with Crippen molar-refractivity contribution in [2.24, 2.45) is 0 Å². The number of carbonyl (C=O) groups is 1. The highest BCUT2D eigenvalue weighted by Gasteiger charge is 2.18. The Hall–Kier alpha value is -2.49. The summed E-state index contributed by atoms with van der Waals surface area (Å²) in [4.78, 5) is 11.8. The lowest BCUT2D eigenvalue weighted by atomic mass is 9.88. The van der Waals surface area contributed by atoms with E-state index < -0.39 is 5.60 Å². The zero-order valence-corrected chi connectivity index (χ0v) is 15.3. The highest BCUT2D eigenvalue weighted by Crippen LogP contribution is 2.28. The molecule has 0 aromatic heterocycles. The Balaban J connectivity index is 2.03. The third-order valence-electron chi connectivity index (χ3n) is 3.92. The number of nitrogens with one attached hydrogen (secondary N) is 1. The fourth-order valence-corrected chi connectivity index (χ4v) is 2.81. The molecule has 3 N–H and O–H groups in total. The molecule has 4 nitrogen and oxygen atoms in total. The van der Waals surface area contributed by atoms with Crippen molar-refractivity contribution in [1.82, 2.24) is 5.32 Å². The largest absolute Gasteiger partial charge is 0.444 e. The van der Waals surface area contributed by atoms with E-state index in [4.69, 9.17) is 10.5 Å². The fourth-order valence-electron chi connectivity index (χ4n) is 2.81. The van der Waals surface area contributed by atoms with Crippen LogP contribution in [0.2, 0.25) is 0 Å². The molecule has 0 aliphatic carbocycles. The van der Waals surface area contributed by atoms with E-state index in [-0.39, 0.29) is 12.0 Å². The molecule has 0 bridgehead atoms. The highest BCUT2D eigenvalue weighted by molar-refractivity contribution is 5.67. The number of nitrogens with two attached hydrogens (primary N) is 1. The van der Waals surface area contributed by atoms with Gasteiger partial charge in [0.25, 0.3) is 0 Å². The van der Waals surface area contributed by atoms with Crippen LogP contribution in [-0.4, -0.2) is 18.2 Å². The number of ether oxygens (including phenoxy) is 1. The summed E-state index contributed by atoms with van der Waals surface area (Å²) < 4.78 is 5.29. The molecule has 134 valence electrons. The van der Waals surface area contributed by atoms with Crippen molar-refractivity contribution in [3.8, 4) is 0 Å². The van der Waals surface area contributed by atoms with Gasteiger partial charge in [0.2, 0.25) is 0 Å². The maximum atomic E-state index is 11.8. The van der Waals surface area contributed by atoms with Crippen LogP contribution in [0.4, 0.5) is 10.5 Å². The maximum Gasteiger partial charge on any atom is 0.407 e. The number of benzene rings is 2. The molecule has 2 aromatic carbocycles. The lowest BCUT2D eigenvalue weighted by Crippen LogP contribution is -2.33. The Bertz CT molecular complexity index is 678. The first kappa shape index (κ1) is 18.8. The van der Waals surface area contributed by atoms with E-state index >= 15 is 0 Å². The second-order valence-electron chi connectivity index (χ2n) is 7.23. The first-order chi connectivity index (χ1) is 11.8. The smallest absolute Gasteiger partial charge is 0.407 e. The van der Waals surface area contributed by atoms with Crippen molar-refractivity contribution in [3.63, 3.8) is 0 Å². The van der Waals surface area contributed by atoms with E-state index in [1.807, 2.05) is 57.2 Å². The van der Waals surface area contributed by atoms with E-state index in [9.17, 15) is 4.79 Å². The summed E-state index contributed by atoms with van der Waals surface area (Å²) in [5.74, 6) is 0.235. The van der Waals surface area contributed by atoms with Crippen molar-refractivity contribution < 1.29 is 9.53 Å². The molecule has 4 heteroatoms. The molecule has 0 spiro atoms. The lowest BCUT2D eigenvalue weighted by molar-refractivity contribution is 0.0526. The first-order valence-corrected chi connectivity index (χ1v) is 8.70. The van der Waals surface area contributed by atoms with Gasteiger partial charge in [0.05, 0.1) is 0 Å². The Kier molecular flexibility index (Phi) is 6.45. The van der Waals surface area contributed by atoms with E-state index in [0.717, 1.165) is 24.1 Å². The van der Waals surface area contributed by atoms with E-state index in [2.05, 4.69) is 23.5 Å². The highest BCUT2D eigenvalue weighted by atomic mass is 16.6. The van der Waals surface area contributed by atoms with Gasteiger partial charge >= 0.3 is 6.09 Å². The Morgan fingerprint density at radius 3 is 2.36 bits per heavy atom. The Morgan fingerprint density at radius 1 is 1.08 bits per heavy atom. The number of amides is 1. The number of rotatable bonds is 6. The molecule has 2 rings (SSSR count). The Labute approximate surface area is 150 Å². The fraction of sp³-hybridized carbons (Fsp3) is 0.381. The number of hydrogen-bond donors (Lipinski definition) is 2. The summed E-state index contributed by atoms with van der Waals surface area (Å²) in [5.41, 5.74) is 8.86.